The molecule has 5 nitrogen and oxygen atoms in total. The molecule has 0 aromatic carbocycles. The fourth-order valence-electron chi connectivity index (χ4n) is 1.52. The minimum absolute atomic E-state index is 0.00250. The summed E-state index contributed by atoms with van der Waals surface area (Å²) in [5, 5.41) is 8.88. The van der Waals surface area contributed by atoms with E-state index in [2.05, 4.69) is 9.97 Å². The number of alkyl halides is 3. The number of carbonyl (C=O) groups is 1. The molecule has 0 saturated carbocycles. The molecular weight excluding hydrogens is 275 g/mol. The highest BCUT2D eigenvalue weighted by atomic mass is 19.4. The lowest BCUT2D eigenvalue weighted by Gasteiger charge is -2.08. The monoisotopic (exact) mass is 283 g/mol. The van der Waals surface area contributed by atoms with Crippen LogP contribution in [0.3, 0.4) is 0 Å². The third-order valence-corrected chi connectivity index (χ3v) is 2.43. The van der Waals surface area contributed by atoms with Crippen LogP contribution in [-0.4, -0.2) is 21.0 Å². The van der Waals surface area contributed by atoms with E-state index in [9.17, 15) is 18.0 Å². The van der Waals surface area contributed by atoms with Crippen LogP contribution in [0.4, 0.5) is 18.9 Å². The summed E-state index contributed by atoms with van der Waals surface area (Å²) in [6.07, 6.45) is -4.58. The average molecular weight is 283 g/mol. The molecule has 2 rings (SSSR count). The molecule has 0 atom stereocenters. The van der Waals surface area contributed by atoms with Crippen molar-refractivity contribution < 1.29 is 23.1 Å². The van der Waals surface area contributed by atoms with Gasteiger partial charge in [-0.05, 0) is 24.3 Å². The number of hydrogen-bond donors (Lipinski definition) is 2. The highest BCUT2D eigenvalue weighted by molar-refractivity contribution is 5.92. The number of rotatable bonds is 2. The molecule has 0 bridgehead atoms. The van der Waals surface area contributed by atoms with E-state index in [1.807, 2.05) is 0 Å². The van der Waals surface area contributed by atoms with Gasteiger partial charge >= 0.3 is 12.1 Å². The number of nitrogens with zero attached hydrogens (tertiary/aromatic N) is 2. The van der Waals surface area contributed by atoms with Crippen molar-refractivity contribution in [2.24, 2.45) is 0 Å². The topological polar surface area (TPSA) is 89.1 Å². The number of aromatic carboxylic acids is 1. The molecule has 0 aliphatic heterocycles. The number of nitrogens with two attached hydrogens (primary N) is 1. The first-order valence-electron chi connectivity index (χ1n) is 5.33. The Balaban J connectivity index is 2.52. The molecule has 0 spiro atoms. The van der Waals surface area contributed by atoms with Crippen molar-refractivity contribution >= 4 is 11.7 Å². The summed E-state index contributed by atoms with van der Waals surface area (Å²) >= 11 is 0. The molecule has 0 saturated heterocycles. The zero-order valence-corrected chi connectivity index (χ0v) is 9.85. The Hall–Kier alpha value is -2.64. The summed E-state index contributed by atoms with van der Waals surface area (Å²) in [6.45, 7) is 0. The Morgan fingerprint density at radius 2 is 1.75 bits per heavy atom. The van der Waals surface area contributed by atoms with E-state index >= 15 is 0 Å². The van der Waals surface area contributed by atoms with Gasteiger partial charge in [-0.25, -0.2) is 14.8 Å². The first-order chi connectivity index (χ1) is 9.29. The number of carboxylic acids is 1. The van der Waals surface area contributed by atoms with Gasteiger partial charge in [0.1, 0.15) is 5.69 Å². The molecule has 0 amide bonds. The standard InChI is InChI=1S/C12H8F3N3O2/c13-12(14,15)9-3-1-2-7(17-9)8-5-4-6(16)10(18-8)11(19)20/h1-5H,16H2,(H,19,20). The van der Waals surface area contributed by atoms with Gasteiger partial charge in [-0.15, -0.1) is 0 Å². The maximum Gasteiger partial charge on any atom is 0.433 e. The first kappa shape index (κ1) is 13.8. The summed E-state index contributed by atoms with van der Waals surface area (Å²) in [5.74, 6) is -1.36. The number of pyridine rings is 2. The number of hydrogen-bond acceptors (Lipinski definition) is 4. The van der Waals surface area contributed by atoms with Crippen molar-refractivity contribution in [3.63, 3.8) is 0 Å². The molecular formula is C12H8F3N3O2. The van der Waals surface area contributed by atoms with E-state index in [4.69, 9.17) is 10.8 Å². The number of aromatic nitrogens is 2. The molecule has 20 heavy (non-hydrogen) atoms. The third-order valence-electron chi connectivity index (χ3n) is 2.43. The zero-order valence-electron chi connectivity index (χ0n) is 9.85. The van der Waals surface area contributed by atoms with Gasteiger partial charge in [0.25, 0.3) is 0 Å². The normalized spacial score (nSPS) is 11.3. The van der Waals surface area contributed by atoms with Crippen LogP contribution in [-0.2, 0) is 6.18 Å². The Labute approximate surface area is 110 Å². The molecule has 3 N–H and O–H groups in total. The second-order valence-corrected chi connectivity index (χ2v) is 3.85. The number of halogens is 3. The van der Waals surface area contributed by atoms with Crippen LogP contribution >= 0.6 is 0 Å². The summed E-state index contributed by atoms with van der Waals surface area (Å²) in [6, 6.07) is 5.86. The third kappa shape index (κ3) is 2.68. The molecule has 104 valence electrons. The molecule has 8 heteroatoms. The largest absolute Gasteiger partial charge is 0.476 e. The fourth-order valence-corrected chi connectivity index (χ4v) is 1.52. The average Bonchev–Trinajstić information content (AvgIpc) is 2.38. The summed E-state index contributed by atoms with van der Waals surface area (Å²) < 4.78 is 37.7. The Morgan fingerprint density at radius 3 is 2.35 bits per heavy atom. The van der Waals surface area contributed by atoms with Gasteiger partial charge in [0, 0.05) is 0 Å². The lowest BCUT2D eigenvalue weighted by atomic mass is 10.2. The maximum absolute atomic E-state index is 12.6. The van der Waals surface area contributed by atoms with Crippen LogP contribution in [0.1, 0.15) is 16.2 Å². The molecule has 2 aromatic rings. The van der Waals surface area contributed by atoms with E-state index in [1.165, 1.54) is 24.3 Å². The molecule has 0 radical (unpaired) electrons. The van der Waals surface area contributed by atoms with Gasteiger partial charge in [-0.2, -0.15) is 13.2 Å². The van der Waals surface area contributed by atoms with Crippen molar-refractivity contribution in [3.8, 4) is 11.4 Å². The predicted octanol–water partition coefficient (Wildman–Crippen LogP) is 2.44. The van der Waals surface area contributed by atoms with E-state index in [0.717, 1.165) is 6.07 Å². The fraction of sp³-hybridized carbons (Fsp3) is 0.0833. The van der Waals surface area contributed by atoms with E-state index in [1.54, 1.807) is 0 Å². The number of nitrogen functional groups attached to an aromatic ring is 1. The summed E-state index contributed by atoms with van der Waals surface area (Å²) in [5.41, 5.74) is 3.76. The highest BCUT2D eigenvalue weighted by Gasteiger charge is 2.32. The van der Waals surface area contributed by atoms with Crippen LogP contribution in [0.5, 0.6) is 0 Å². The van der Waals surface area contributed by atoms with Crippen molar-refractivity contribution in [1.29, 1.82) is 0 Å². The second-order valence-electron chi connectivity index (χ2n) is 3.85. The molecule has 0 fully saturated rings. The lowest BCUT2D eigenvalue weighted by molar-refractivity contribution is -0.141. The van der Waals surface area contributed by atoms with Crippen molar-refractivity contribution in [3.05, 3.63) is 41.7 Å². The van der Waals surface area contributed by atoms with Crippen LogP contribution in [0, 0.1) is 0 Å². The first-order valence-corrected chi connectivity index (χ1v) is 5.33. The molecule has 2 aromatic heterocycles. The minimum atomic E-state index is -4.58. The van der Waals surface area contributed by atoms with E-state index in [-0.39, 0.29) is 17.1 Å². The van der Waals surface area contributed by atoms with Crippen LogP contribution in [0.25, 0.3) is 11.4 Å². The number of anilines is 1. The van der Waals surface area contributed by atoms with Gasteiger partial charge in [-0.3, -0.25) is 0 Å². The second kappa shape index (κ2) is 4.80. The van der Waals surface area contributed by atoms with Gasteiger partial charge in [0.2, 0.25) is 0 Å². The zero-order chi connectivity index (χ0) is 14.9. The van der Waals surface area contributed by atoms with Crippen LogP contribution < -0.4 is 5.73 Å². The molecule has 0 aliphatic rings. The van der Waals surface area contributed by atoms with Crippen LogP contribution in [0.15, 0.2) is 30.3 Å². The highest BCUT2D eigenvalue weighted by Crippen LogP contribution is 2.29. The van der Waals surface area contributed by atoms with Gasteiger partial charge in [-0.1, -0.05) is 6.07 Å². The van der Waals surface area contributed by atoms with E-state index < -0.39 is 23.5 Å². The quantitative estimate of drug-likeness (QED) is 0.883. The SMILES string of the molecule is Nc1ccc(-c2cccc(C(F)(F)F)n2)nc1C(=O)O. The summed E-state index contributed by atoms with van der Waals surface area (Å²) in [4.78, 5) is 18.0. The predicted molar refractivity (Wildman–Crippen MR) is 63.8 cm³/mol. The Morgan fingerprint density at radius 1 is 1.10 bits per heavy atom. The maximum atomic E-state index is 12.6. The molecule has 0 aliphatic carbocycles. The Kier molecular flexibility index (Phi) is 3.31. The number of carboxylic acid groups (broad SMARTS) is 1. The van der Waals surface area contributed by atoms with E-state index in [0.29, 0.717) is 0 Å². The van der Waals surface area contributed by atoms with Crippen molar-refractivity contribution in [2.45, 2.75) is 6.18 Å². The van der Waals surface area contributed by atoms with Gasteiger partial charge in [0.05, 0.1) is 17.1 Å². The van der Waals surface area contributed by atoms with Crippen LogP contribution in [0.2, 0.25) is 0 Å². The summed E-state index contributed by atoms with van der Waals surface area (Å²) in [7, 11) is 0. The van der Waals surface area contributed by atoms with Gasteiger partial charge in [0.15, 0.2) is 5.69 Å². The lowest BCUT2D eigenvalue weighted by Crippen LogP contribution is -2.09. The molecule has 2 heterocycles. The Bertz CT molecular complexity index is 671. The van der Waals surface area contributed by atoms with Gasteiger partial charge < -0.3 is 10.8 Å². The van der Waals surface area contributed by atoms with Crippen molar-refractivity contribution in [1.82, 2.24) is 9.97 Å². The van der Waals surface area contributed by atoms with Crippen molar-refractivity contribution in [2.75, 3.05) is 5.73 Å². The minimum Gasteiger partial charge on any atom is -0.476 e. The smallest absolute Gasteiger partial charge is 0.433 e. The molecule has 0 unspecified atom stereocenters.